The first-order chi connectivity index (χ1) is 14.6. The number of nitrogens with zero attached hydrogens (tertiary/aromatic N) is 1. The van der Waals surface area contributed by atoms with E-state index in [9.17, 15) is 14.4 Å². The van der Waals surface area contributed by atoms with Gasteiger partial charge in [0.05, 0.1) is 17.8 Å². The lowest BCUT2D eigenvalue weighted by atomic mass is 10.1. The third-order valence-electron chi connectivity index (χ3n) is 4.66. The Labute approximate surface area is 177 Å². The molecule has 4 rings (SSSR count). The fourth-order valence-corrected chi connectivity index (χ4v) is 3.88. The van der Waals surface area contributed by atoms with Crippen LogP contribution in [0.1, 0.15) is 15.2 Å². The normalized spacial score (nSPS) is 13.1. The predicted molar refractivity (Wildman–Crippen MR) is 118 cm³/mol. The van der Waals surface area contributed by atoms with Gasteiger partial charge in [0.25, 0.3) is 5.91 Å². The molecule has 7 nitrogen and oxygen atoms in total. The van der Waals surface area contributed by atoms with Crippen molar-refractivity contribution in [2.75, 3.05) is 28.6 Å². The molecule has 30 heavy (non-hydrogen) atoms. The van der Waals surface area contributed by atoms with Gasteiger partial charge in [-0.2, -0.15) is 0 Å². The predicted octanol–water partition coefficient (Wildman–Crippen LogP) is 3.71. The van der Waals surface area contributed by atoms with Crippen LogP contribution in [0.3, 0.4) is 0 Å². The molecule has 0 unspecified atom stereocenters. The molecule has 0 bridgehead atoms. The first kappa shape index (κ1) is 19.7. The molecule has 1 saturated heterocycles. The van der Waals surface area contributed by atoms with E-state index in [4.69, 9.17) is 0 Å². The molecule has 1 fully saturated rings. The fraction of sp³-hybridized carbons (Fsp3) is 0.136. The van der Waals surface area contributed by atoms with Crippen LogP contribution in [0, 0.1) is 0 Å². The van der Waals surface area contributed by atoms with Crippen molar-refractivity contribution in [3.8, 4) is 0 Å². The summed E-state index contributed by atoms with van der Waals surface area (Å²) in [4.78, 5) is 39.4. The minimum absolute atomic E-state index is 0.139. The smallest absolute Gasteiger partial charge is 0.321 e. The molecule has 0 saturated carbocycles. The van der Waals surface area contributed by atoms with Crippen molar-refractivity contribution in [2.24, 2.45) is 0 Å². The van der Waals surface area contributed by atoms with E-state index in [1.54, 1.807) is 53.4 Å². The molecule has 0 atom stereocenters. The molecule has 3 aromatic rings. The molecule has 1 aliphatic rings. The van der Waals surface area contributed by atoms with Crippen LogP contribution in [-0.4, -0.2) is 30.9 Å². The molecular weight excluding hydrogens is 400 g/mol. The van der Waals surface area contributed by atoms with Gasteiger partial charge in [0.15, 0.2) is 0 Å². The summed E-state index contributed by atoms with van der Waals surface area (Å²) in [6.07, 6.45) is 0.283. The standard InChI is InChI=1S/C22H20N4O3S/c27-20(14-17-4-3-13-30-17)24-18-5-1-2-6-19(18)25-21(28)15-7-9-16(10-8-15)26-12-11-23-22(26)29/h1-10,13H,11-12,14H2,(H,23,29)(H,24,27)(H,25,28). The van der Waals surface area contributed by atoms with Gasteiger partial charge < -0.3 is 16.0 Å². The second kappa shape index (κ2) is 8.79. The van der Waals surface area contributed by atoms with Crippen molar-refractivity contribution < 1.29 is 14.4 Å². The van der Waals surface area contributed by atoms with Gasteiger partial charge in [0.1, 0.15) is 0 Å². The van der Waals surface area contributed by atoms with Gasteiger partial charge >= 0.3 is 6.03 Å². The van der Waals surface area contributed by atoms with E-state index in [0.29, 0.717) is 30.0 Å². The van der Waals surface area contributed by atoms with Crippen LogP contribution in [0.2, 0.25) is 0 Å². The number of benzene rings is 2. The zero-order chi connectivity index (χ0) is 20.9. The van der Waals surface area contributed by atoms with Crippen LogP contribution in [0.4, 0.5) is 21.9 Å². The number of rotatable bonds is 6. The summed E-state index contributed by atoms with van der Waals surface area (Å²) in [7, 11) is 0. The lowest BCUT2D eigenvalue weighted by molar-refractivity contribution is -0.115. The molecule has 8 heteroatoms. The van der Waals surface area contributed by atoms with Gasteiger partial charge in [-0.05, 0) is 47.8 Å². The summed E-state index contributed by atoms with van der Waals surface area (Å²) >= 11 is 1.53. The second-order valence-electron chi connectivity index (χ2n) is 6.73. The second-order valence-corrected chi connectivity index (χ2v) is 7.77. The average Bonchev–Trinajstić information content (AvgIpc) is 3.41. The van der Waals surface area contributed by atoms with Crippen molar-refractivity contribution >= 4 is 46.2 Å². The Morgan fingerprint density at radius 3 is 2.33 bits per heavy atom. The molecule has 152 valence electrons. The Bertz CT molecular complexity index is 1060. The highest BCUT2D eigenvalue weighted by atomic mass is 32.1. The van der Waals surface area contributed by atoms with Crippen molar-refractivity contribution in [1.29, 1.82) is 0 Å². The SMILES string of the molecule is O=C(Cc1cccs1)Nc1ccccc1NC(=O)c1ccc(N2CCNC2=O)cc1. The van der Waals surface area contributed by atoms with E-state index in [2.05, 4.69) is 16.0 Å². The molecule has 3 N–H and O–H groups in total. The summed E-state index contributed by atoms with van der Waals surface area (Å²) in [5.41, 5.74) is 2.25. The molecule has 4 amide bonds. The number of hydrogen-bond donors (Lipinski definition) is 3. The molecule has 1 aliphatic heterocycles. The maximum Gasteiger partial charge on any atom is 0.321 e. The topological polar surface area (TPSA) is 90.5 Å². The number of hydrogen-bond acceptors (Lipinski definition) is 4. The average molecular weight is 420 g/mol. The van der Waals surface area contributed by atoms with E-state index in [1.807, 2.05) is 17.5 Å². The van der Waals surface area contributed by atoms with E-state index >= 15 is 0 Å². The van der Waals surface area contributed by atoms with Crippen LogP contribution in [0.5, 0.6) is 0 Å². The van der Waals surface area contributed by atoms with Gasteiger partial charge in [-0.3, -0.25) is 14.5 Å². The number of thiophene rings is 1. The molecular formula is C22H20N4O3S. The maximum absolute atomic E-state index is 12.7. The highest BCUT2D eigenvalue weighted by Crippen LogP contribution is 2.23. The molecule has 2 heterocycles. The Hall–Kier alpha value is -3.65. The Morgan fingerprint density at radius 2 is 1.70 bits per heavy atom. The number of para-hydroxylation sites is 2. The Balaban J connectivity index is 1.43. The van der Waals surface area contributed by atoms with E-state index in [1.165, 1.54) is 11.3 Å². The molecule has 0 aliphatic carbocycles. The summed E-state index contributed by atoms with van der Waals surface area (Å²) in [5.74, 6) is -0.445. The summed E-state index contributed by atoms with van der Waals surface area (Å²) in [6, 6.07) is 17.6. The molecule has 0 radical (unpaired) electrons. The number of amides is 4. The van der Waals surface area contributed by atoms with Crippen LogP contribution >= 0.6 is 11.3 Å². The van der Waals surface area contributed by atoms with Gasteiger partial charge in [0.2, 0.25) is 5.91 Å². The van der Waals surface area contributed by atoms with E-state index < -0.39 is 0 Å². The quantitative estimate of drug-likeness (QED) is 0.568. The summed E-state index contributed by atoms with van der Waals surface area (Å²) < 4.78 is 0. The largest absolute Gasteiger partial charge is 0.336 e. The van der Waals surface area contributed by atoms with Gasteiger partial charge in [0, 0.05) is 29.2 Å². The molecule has 0 spiro atoms. The van der Waals surface area contributed by atoms with E-state index in [-0.39, 0.29) is 24.3 Å². The lowest BCUT2D eigenvalue weighted by Gasteiger charge is -2.15. The monoisotopic (exact) mass is 420 g/mol. The number of carbonyl (C=O) groups excluding carboxylic acids is 3. The van der Waals surface area contributed by atoms with Crippen LogP contribution < -0.4 is 20.9 Å². The zero-order valence-corrected chi connectivity index (χ0v) is 16.9. The van der Waals surface area contributed by atoms with Crippen LogP contribution in [0.25, 0.3) is 0 Å². The molecule has 2 aromatic carbocycles. The summed E-state index contributed by atoms with van der Waals surface area (Å²) in [5, 5.41) is 10.4. The number of urea groups is 1. The Kier molecular flexibility index (Phi) is 5.76. The van der Waals surface area contributed by atoms with Gasteiger partial charge in [-0.15, -0.1) is 11.3 Å². The number of anilines is 3. The summed E-state index contributed by atoms with van der Waals surface area (Å²) in [6.45, 7) is 1.21. The number of carbonyl (C=O) groups is 3. The van der Waals surface area contributed by atoms with Crippen LogP contribution in [0.15, 0.2) is 66.0 Å². The van der Waals surface area contributed by atoms with Crippen molar-refractivity contribution in [1.82, 2.24) is 5.32 Å². The first-order valence-corrected chi connectivity index (χ1v) is 10.4. The third kappa shape index (κ3) is 4.49. The Morgan fingerprint density at radius 1 is 0.967 bits per heavy atom. The zero-order valence-electron chi connectivity index (χ0n) is 16.1. The lowest BCUT2D eigenvalue weighted by Crippen LogP contribution is -2.27. The maximum atomic E-state index is 12.7. The minimum Gasteiger partial charge on any atom is -0.336 e. The highest BCUT2D eigenvalue weighted by Gasteiger charge is 2.21. The van der Waals surface area contributed by atoms with E-state index in [0.717, 1.165) is 10.6 Å². The number of nitrogens with one attached hydrogen (secondary N) is 3. The van der Waals surface area contributed by atoms with Crippen molar-refractivity contribution in [3.63, 3.8) is 0 Å². The molecule has 1 aromatic heterocycles. The minimum atomic E-state index is -0.299. The third-order valence-corrected chi connectivity index (χ3v) is 5.54. The highest BCUT2D eigenvalue weighted by molar-refractivity contribution is 7.10. The fourth-order valence-electron chi connectivity index (χ4n) is 3.17. The van der Waals surface area contributed by atoms with Gasteiger partial charge in [-0.1, -0.05) is 18.2 Å². The first-order valence-electron chi connectivity index (χ1n) is 9.48. The van der Waals surface area contributed by atoms with Crippen molar-refractivity contribution in [2.45, 2.75) is 6.42 Å². The van der Waals surface area contributed by atoms with Crippen LogP contribution in [-0.2, 0) is 11.2 Å². The van der Waals surface area contributed by atoms with Crippen molar-refractivity contribution in [3.05, 3.63) is 76.5 Å². The van der Waals surface area contributed by atoms with Gasteiger partial charge in [-0.25, -0.2) is 4.79 Å².